The molecule has 1 aromatic carbocycles. The van der Waals surface area contributed by atoms with Crippen molar-refractivity contribution in [1.29, 1.82) is 0 Å². The van der Waals surface area contributed by atoms with Crippen LogP contribution >= 0.6 is 23.4 Å². The number of benzene rings is 1. The molecule has 0 spiro atoms. The van der Waals surface area contributed by atoms with Gasteiger partial charge in [0.05, 0.1) is 10.7 Å². The van der Waals surface area contributed by atoms with Gasteiger partial charge in [-0.25, -0.2) is 9.38 Å². The molecule has 1 aromatic rings. The molecule has 0 saturated carbocycles. The normalized spacial score (nSPS) is 11.6. The molecule has 0 aliphatic rings. The molecule has 7 heteroatoms. The standard InChI is InChI=1S/C9H8ClFN2O2S/c1-16-9(5-13(14)15)12-6-2-3-8(11)7(10)4-6/h2-4H,5H2,1H3. The molecule has 0 fully saturated rings. The lowest BCUT2D eigenvalue weighted by atomic mass is 10.3. The molecular weight excluding hydrogens is 255 g/mol. The number of nitrogens with zero attached hydrogens (tertiary/aromatic N) is 2. The van der Waals surface area contributed by atoms with E-state index in [1.54, 1.807) is 6.26 Å². The molecular formula is C9H8ClFN2O2S. The summed E-state index contributed by atoms with van der Waals surface area (Å²) in [6.07, 6.45) is 1.69. The van der Waals surface area contributed by atoms with Gasteiger partial charge in [0.1, 0.15) is 10.9 Å². The fourth-order valence-corrected chi connectivity index (χ4v) is 1.56. The first-order valence-corrected chi connectivity index (χ1v) is 5.81. The Labute approximate surface area is 101 Å². The molecule has 0 bridgehead atoms. The van der Waals surface area contributed by atoms with Gasteiger partial charge < -0.3 is 0 Å². The number of thioether (sulfide) groups is 1. The summed E-state index contributed by atoms with van der Waals surface area (Å²) in [7, 11) is 0. The first-order valence-electron chi connectivity index (χ1n) is 4.21. The number of aliphatic imine (C=N–C) groups is 1. The molecule has 16 heavy (non-hydrogen) atoms. The van der Waals surface area contributed by atoms with E-state index in [0.717, 1.165) is 0 Å². The van der Waals surface area contributed by atoms with Crippen LogP contribution in [0, 0.1) is 15.9 Å². The van der Waals surface area contributed by atoms with Crippen molar-refractivity contribution in [3.05, 3.63) is 39.2 Å². The molecule has 0 heterocycles. The van der Waals surface area contributed by atoms with Gasteiger partial charge >= 0.3 is 0 Å². The molecule has 0 saturated heterocycles. The first kappa shape index (κ1) is 12.9. The molecule has 0 aliphatic heterocycles. The van der Waals surface area contributed by atoms with Crippen LogP contribution in [0.3, 0.4) is 0 Å². The summed E-state index contributed by atoms with van der Waals surface area (Å²) in [5.74, 6) is -0.541. The van der Waals surface area contributed by atoms with Crippen LogP contribution < -0.4 is 0 Å². The zero-order valence-corrected chi connectivity index (χ0v) is 9.89. The molecule has 0 aromatic heterocycles. The smallest absolute Gasteiger partial charge is 0.251 e. The van der Waals surface area contributed by atoms with Gasteiger partial charge in [-0.1, -0.05) is 11.6 Å². The van der Waals surface area contributed by atoms with Crippen LogP contribution in [0.15, 0.2) is 23.2 Å². The summed E-state index contributed by atoms with van der Waals surface area (Å²) < 4.78 is 12.8. The summed E-state index contributed by atoms with van der Waals surface area (Å²) in [4.78, 5) is 13.8. The van der Waals surface area contributed by atoms with Gasteiger partial charge in [-0.15, -0.1) is 11.8 Å². The highest BCUT2D eigenvalue weighted by molar-refractivity contribution is 8.13. The van der Waals surface area contributed by atoms with E-state index in [9.17, 15) is 14.5 Å². The Hall–Kier alpha value is -1.14. The van der Waals surface area contributed by atoms with Gasteiger partial charge in [-0.3, -0.25) is 10.1 Å². The minimum absolute atomic E-state index is 0.0530. The second kappa shape index (κ2) is 5.81. The zero-order valence-electron chi connectivity index (χ0n) is 8.31. The van der Waals surface area contributed by atoms with Crippen molar-refractivity contribution in [2.24, 2.45) is 4.99 Å². The SMILES string of the molecule is CSC(C[N+](=O)[O-])=Nc1ccc(F)c(Cl)c1. The lowest BCUT2D eigenvalue weighted by Crippen LogP contribution is -2.09. The van der Waals surface area contributed by atoms with Crippen molar-refractivity contribution < 1.29 is 9.31 Å². The third-order valence-corrected chi connectivity index (χ3v) is 2.64. The van der Waals surface area contributed by atoms with Gasteiger partial charge in [0, 0.05) is 4.92 Å². The van der Waals surface area contributed by atoms with E-state index in [2.05, 4.69) is 4.99 Å². The van der Waals surface area contributed by atoms with Crippen LogP contribution in [-0.4, -0.2) is 22.8 Å². The molecule has 0 atom stereocenters. The summed E-state index contributed by atoms with van der Waals surface area (Å²) in [5, 5.41) is 10.6. The fourth-order valence-electron chi connectivity index (χ4n) is 0.955. The maximum Gasteiger partial charge on any atom is 0.251 e. The third-order valence-electron chi connectivity index (χ3n) is 1.66. The maximum atomic E-state index is 12.8. The summed E-state index contributed by atoms with van der Waals surface area (Å²) in [5.41, 5.74) is 0.401. The second-order valence-electron chi connectivity index (χ2n) is 2.80. The Morgan fingerprint density at radius 2 is 2.38 bits per heavy atom. The largest absolute Gasteiger partial charge is 0.264 e. The second-order valence-corrected chi connectivity index (χ2v) is 4.09. The van der Waals surface area contributed by atoms with E-state index in [1.165, 1.54) is 30.0 Å². The highest BCUT2D eigenvalue weighted by Crippen LogP contribution is 2.22. The Morgan fingerprint density at radius 3 is 2.88 bits per heavy atom. The maximum absolute atomic E-state index is 12.8. The number of hydrogen-bond donors (Lipinski definition) is 0. The minimum atomic E-state index is -0.541. The van der Waals surface area contributed by atoms with E-state index in [4.69, 9.17) is 11.6 Å². The molecule has 0 N–H and O–H groups in total. The number of hydrogen-bond acceptors (Lipinski definition) is 4. The first-order chi connectivity index (χ1) is 7.52. The van der Waals surface area contributed by atoms with Crippen molar-refractivity contribution >= 4 is 34.1 Å². The predicted molar refractivity (Wildman–Crippen MR) is 63.9 cm³/mol. The number of halogens is 2. The van der Waals surface area contributed by atoms with E-state index >= 15 is 0 Å². The quantitative estimate of drug-likeness (QED) is 0.364. The van der Waals surface area contributed by atoms with Crippen molar-refractivity contribution in [3.63, 3.8) is 0 Å². The van der Waals surface area contributed by atoms with Crippen LogP contribution in [0.2, 0.25) is 5.02 Å². The topological polar surface area (TPSA) is 55.5 Å². The molecule has 1 rings (SSSR count). The minimum Gasteiger partial charge on any atom is -0.264 e. The van der Waals surface area contributed by atoms with Gasteiger partial charge in [0.25, 0.3) is 6.54 Å². The summed E-state index contributed by atoms with van der Waals surface area (Å²) in [6, 6.07) is 3.91. The monoisotopic (exact) mass is 262 g/mol. The Balaban J connectivity index is 2.95. The average Bonchev–Trinajstić information content (AvgIpc) is 2.22. The van der Waals surface area contributed by atoms with Crippen LogP contribution in [0.4, 0.5) is 10.1 Å². The summed E-state index contributed by atoms with van der Waals surface area (Å²) in [6.45, 7) is -0.351. The lowest BCUT2D eigenvalue weighted by Gasteiger charge is -1.99. The van der Waals surface area contributed by atoms with Crippen molar-refractivity contribution in [1.82, 2.24) is 0 Å². The lowest BCUT2D eigenvalue weighted by molar-refractivity contribution is -0.462. The van der Waals surface area contributed by atoms with Crippen LogP contribution in [0.1, 0.15) is 0 Å². The Kier molecular flexibility index (Phi) is 4.70. The van der Waals surface area contributed by atoms with Crippen molar-refractivity contribution in [3.8, 4) is 0 Å². The highest BCUT2D eigenvalue weighted by atomic mass is 35.5. The van der Waals surface area contributed by atoms with E-state index in [1.807, 2.05) is 0 Å². The summed E-state index contributed by atoms with van der Waals surface area (Å²) >= 11 is 6.74. The van der Waals surface area contributed by atoms with Gasteiger partial charge in [-0.05, 0) is 24.5 Å². The predicted octanol–water partition coefficient (Wildman–Crippen LogP) is 3.15. The zero-order chi connectivity index (χ0) is 12.1. The van der Waals surface area contributed by atoms with Crippen LogP contribution in [0.5, 0.6) is 0 Å². The molecule has 4 nitrogen and oxygen atoms in total. The Morgan fingerprint density at radius 1 is 1.69 bits per heavy atom. The van der Waals surface area contributed by atoms with Gasteiger partial charge in [0.15, 0.2) is 0 Å². The highest BCUT2D eigenvalue weighted by Gasteiger charge is 2.07. The molecule has 0 unspecified atom stereocenters. The van der Waals surface area contributed by atoms with Crippen molar-refractivity contribution in [2.75, 3.05) is 12.8 Å². The van der Waals surface area contributed by atoms with E-state index in [-0.39, 0.29) is 11.6 Å². The molecule has 0 aliphatic carbocycles. The fraction of sp³-hybridized carbons (Fsp3) is 0.222. The van der Waals surface area contributed by atoms with E-state index < -0.39 is 10.7 Å². The van der Waals surface area contributed by atoms with Crippen LogP contribution in [0.25, 0.3) is 0 Å². The number of rotatable bonds is 3. The average molecular weight is 263 g/mol. The Bertz CT molecular complexity index is 440. The van der Waals surface area contributed by atoms with Crippen LogP contribution in [-0.2, 0) is 0 Å². The number of nitro groups is 1. The van der Waals surface area contributed by atoms with Crippen molar-refractivity contribution in [2.45, 2.75) is 0 Å². The van der Waals surface area contributed by atoms with Gasteiger partial charge in [-0.2, -0.15) is 0 Å². The molecule has 0 radical (unpaired) electrons. The molecule has 0 amide bonds. The molecule has 86 valence electrons. The van der Waals surface area contributed by atoms with E-state index in [0.29, 0.717) is 10.7 Å². The van der Waals surface area contributed by atoms with Gasteiger partial charge in [0.2, 0.25) is 0 Å². The third kappa shape index (κ3) is 3.79.